The highest BCUT2D eigenvalue weighted by molar-refractivity contribution is 7.90. The fourth-order valence-electron chi connectivity index (χ4n) is 2.41. The average Bonchev–Trinajstić information content (AvgIpc) is 2.42. The highest BCUT2D eigenvalue weighted by atomic mass is 35.5. The highest BCUT2D eigenvalue weighted by Gasteiger charge is 2.21. The lowest BCUT2D eigenvalue weighted by Crippen LogP contribution is -2.17. The van der Waals surface area contributed by atoms with Crippen LogP contribution in [0.1, 0.15) is 28.4 Å². The van der Waals surface area contributed by atoms with Crippen LogP contribution in [-0.4, -0.2) is 19.3 Å². The molecule has 0 bridgehead atoms. The van der Waals surface area contributed by atoms with Crippen LogP contribution in [-0.2, 0) is 15.6 Å². The Hall–Kier alpha value is -1.36. The lowest BCUT2D eigenvalue weighted by molar-refractivity contribution is 0.201. The zero-order valence-electron chi connectivity index (χ0n) is 12.6. The Kier molecular flexibility index (Phi) is 5.27. The van der Waals surface area contributed by atoms with Crippen LogP contribution < -0.4 is 0 Å². The summed E-state index contributed by atoms with van der Waals surface area (Å²) in [7, 11) is -3.43. The first-order valence-corrected chi connectivity index (χ1v) is 9.17. The van der Waals surface area contributed by atoms with E-state index in [0.29, 0.717) is 10.6 Å². The van der Waals surface area contributed by atoms with Gasteiger partial charge < -0.3 is 5.11 Å². The number of aliphatic hydroxyl groups excluding tert-OH is 1. The number of hydrogen-bond donors (Lipinski definition) is 1. The molecular formula is C17H19ClO3S. The van der Waals surface area contributed by atoms with Gasteiger partial charge in [0.25, 0.3) is 0 Å². The molecule has 0 aliphatic carbocycles. The molecule has 0 spiro atoms. The Morgan fingerprint density at radius 1 is 1.09 bits per heavy atom. The maximum Gasteiger partial charge on any atom is 0.157 e. The number of benzene rings is 2. The molecule has 1 unspecified atom stereocenters. The standard InChI is InChI=1S/C17H19ClO3S/c1-12-5-3-6-13(2)16(12)10-22(20,21)11-17(19)14-7-4-8-15(18)9-14/h3-9,17,19H,10-11H2,1-2H3. The van der Waals surface area contributed by atoms with E-state index in [0.717, 1.165) is 16.7 Å². The van der Waals surface area contributed by atoms with Crippen molar-refractivity contribution in [1.82, 2.24) is 0 Å². The maximum absolute atomic E-state index is 12.4. The summed E-state index contributed by atoms with van der Waals surface area (Å²) in [4.78, 5) is 0. The van der Waals surface area contributed by atoms with Gasteiger partial charge in [0.15, 0.2) is 9.84 Å². The Balaban J connectivity index is 2.18. The van der Waals surface area contributed by atoms with Gasteiger partial charge in [0.05, 0.1) is 17.6 Å². The minimum Gasteiger partial charge on any atom is -0.387 e. The molecule has 5 heteroatoms. The molecule has 0 saturated heterocycles. The van der Waals surface area contributed by atoms with E-state index >= 15 is 0 Å². The SMILES string of the molecule is Cc1cccc(C)c1CS(=O)(=O)CC(O)c1cccc(Cl)c1. The molecule has 0 saturated carbocycles. The molecule has 0 amide bonds. The van der Waals surface area contributed by atoms with Crippen LogP contribution in [0.2, 0.25) is 5.02 Å². The molecule has 0 fully saturated rings. The summed E-state index contributed by atoms with van der Waals surface area (Å²) in [6.45, 7) is 3.79. The first kappa shape index (κ1) is 17.0. The highest BCUT2D eigenvalue weighted by Crippen LogP contribution is 2.22. The van der Waals surface area contributed by atoms with Gasteiger partial charge in [-0.25, -0.2) is 8.42 Å². The van der Waals surface area contributed by atoms with Gasteiger partial charge in [-0.3, -0.25) is 0 Å². The molecule has 2 aromatic rings. The van der Waals surface area contributed by atoms with Gasteiger partial charge >= 0.3 is 0 Å². The van der Waals surface area contributed by atoms with Crippen LogP contribution in [0.25, 0.3) is 0 Å². The van der Waals surface area contributed by atoms with Gasteiger partial charge in [0.1, 0.15) is 0 Å². The molecule has 0 heterocycles. The van der Waals surface area contributed by atoms with Crippen LogP contribution in [0, 0.1) is 13.8 Å². The second kappa shape index (κ2) is 6.82. The summed E-state index contributed by atoms with van der Waals surface area (Å²) in [5, 5.41) is 10.6. The summed E-state index contributed by atoms with van der Waals surface area (Å²) in [6, 6.07) is 12.3. The topological polar surface area (TPSA) is 54.4 Å². The van der Waals surface area contributed by atoms with E-state index in [1.807, 2.05) is 32.0 Å². The third-order valence-corrected chi connectivity index (χ3v) is 5.44. The zero-order valence-corrected chi connectivity index (χ0v) is 14.2. The van der Waals surface area contributed by atoms with Crippen LogP contribution in [0.15, 0.2) is 42.5 Å². The number of halogens is 1. The van der Waals surface area contributed by atoms with Gasteiger partial charge in [-0.05, 0) is 48.2 Å². The van der Waals surface area contributed by atoms with E-state index in [2.05, 4.69) is 0 Å². The Morgan fingerprint density at radius 3 is 2.27 bits per heavy atom. The van der Waals surface area contributed by atoms with Crippen molar-refractivity contribution in [3.8, 4) is 0 Å². The quantitative estimate of drug-likeness (QED) is 0.906. The number of aliphatic hydroxyl groups is 1. The fourth-order valence-corrected chi connectivity index (χ4v) is 4.29. The summed E-state index contributed by atoms with van der Waals surface area (Å²) < 4.78 is 24.8. The minimum atomic E-state index is -3.43. The summed E-state index contributed by atoms with van der Waals surface area (Å²) in [5.74, 6) is -0.385. The van der Waals surface area contributed by atoms with E-state index in [-0.39, 0.29) is 11.5 Å². The lowest BCUT2D eigenvalue weighted by atomic mass is 10.1. The molecule has 0 aliphatic rings. The van der Waals surface area contributed by atoms with Crippen molar-refractivity contribution in [3.63, 3.8) is 0 Å². The molecule has 1 atom stereocenters. The predicted molar refractivity (Wildman–Crippen MR) is 89.8 cm³/mol. The van der Waals surface area contributed by atoms with E-state index in [1.54, 1.807) is 24.3 Å². The van der Waals surface area contributed by atoms with Crippen LogP contribution in [0.3, 0.4) is 0 Å². The lowest BCUT2D eigenvalue weighted by Gasteiger charge is -2.14. The number of aryl methyl sites for hydroxylation is 2. The molecule has 2 aromatic carbocycles. The monoisotopic (exact) mass is 338 g/mol. The summed E-state index contributed by atoms with van der Waals surface area (Å²) >= 11 is 5.87. The second-order valence-corrected chi connectivity index (χ2v) is 8.04. The van der Waals surface area contributed by atoms with Gasteiger partial charge in [0.2, 0.25) is 0 Å². The second-order valence-electron chi connectivity index (χ2n) is 5.50. The van der Waals surface area contributed by atoms with Crippen molar-refractivity contribution >= 4 is 21.4 Å². The van der Waals surface area contributed by atoms with Crippen molar-refractivity contribution < 1.29 is 13.5 Å². The third-order valence-electron chi connectivity index (χ3n) is 3.65. The minimum absolute atomic E-state index is 0.0663. The average molecular weight is 339 g/mol. The Labute approximate surface area is 136 Å². The molecule has 118 valence electrons. The van der Waals surface area contributed by atoms with E-state index in [1.165, 1.54) is 0 Å². The molecule has 22 heavy (non-hydrogen) atoms. The van der Waals surface area contributed by atoms with Gasteiger partial charge in [-0.2, -0.15) is 0 Å². The number of hydrogen-bond acceptors (Lipinski definition) is 3. The maximum atomic E-state index is 12.4. The van der Waals surface area contributed by atoms with Crippen molar-refractivity contribution in [1.29, 1.82) is 0 Å². The van der Waals surface area contributed by atoms with Crippen LogP contribution in [0.4, 0.5) is 0 Å². The Morgan fingerprint density at radius 2 is 1.68 bits per heavy atom. The predicted octanol–water partition coefficient (Wildman–Crippen LogP) is 3.61. The molecule has 0 radical (unpaired) electrons. The summed E-state index contributed by atoms with van der Waals surface area (Å²) in [6.07, 6.45) is -1.08. The molecule has 2 rings (SSSR count). The number of rotatable bonds is 5. The van der Waals surface area contributed by atoms with E-state index in [4.69, 9.17) is 11.6 Å². The normalized spacial score (nSPS) is 13.1. The van der Waals surface area contributed by atoms with Crippen molar-refractivity contribution in [2.45, 2.75) is 25.7 Å². The molecule has 0 aromatic heterocycles. The Bertz CT molecular complexity index is 749. The van der Waals surface area contributed by atoms with E-state index < -0.39 is 15.9 Å². The molecule has 0 aliphatic heterocycles. The smallest absolute Gasteiger partial charge is 0.157 e. The largest absolute Gasteiger partial charge is 0.387 e. The zero-order chi connectivity index (χ0) is 16.3. The molecular weight excluding hydrogens is 320 g/mol. The third kappa shape index (κ3) is 4.32. The van der Waals surface area contributed by atoms with Crippen LogP contribution in [0.5, 0.6) is 0 Å². The van der Waals surface area contributed by atoms with Crippen molar-refractivity contribution in [2.24, 2.45) is 0 Å². The first-order chi connectivity index (χ1) is 10.3. The fraction of sp³-hybridized carbons (Fsp3) is 0.294. The van der Waals surface area contributed by atoms with Crippen molar-refractivity contribution in [3.05, 3.63) is 69.7 Å². The van der Waals surface area contributed by atoms with Gasteiger partial charge in [-0.1, -0.05) is 41.9 Å². The van der Waals surface area contributed by atoms with Crippen molar-refractivity contribution in [2.75, 3.05) is 5.75 Å². The van der Waals surface area contributed by atoms with Crippen LogP contribution >= 0.6 is 11.6 Å². The molecule has 3 nitrogen and oxygen atoms in total. The number of sulfone groups is 1. The first-order valence-electron chi connectivity index (χ1n) is 6.97. The van der Waals surface area contributed by atoms with Gasteiger partial charge in [-0.15, -0.1) is 0 Å². The molecule has 1 N–H and O–H groups in total. The van der Waals surface area contributed by atoms with E-state index in [9.17, 15) is 13.5 Å². The summed E-state index contributed by atoms with van der Waals surface area (Å²) in [5.41, 5.74) is 3.21. The van der Waals surface area contributed by atoms with Gasteiger partial charge in [0, 0.05) is 5.02 Å².